The highest BCUT2D eigenvalue weighted by Crippen LogP contribution is 2.33. The van der Waals surface area contributed by atoms with E-state index in [2.05, 4.69) is 51.4 Å². The predicted molar refractivity (Wildman–Crippen MR) is 106 cm³/mol. The normalized spacial score (nSPS) is 18.9. The summed E-state index contributed by atoms with van der Waals surface area (Å²) >= 11 is 0. The first-order valence-corrected chi connectivity index (χ1v) is 10.00. The summed E-state index contributed by atoms with van der Waals surface area (Å²) in [5.74, 6) is 0. The fourth-order valence-electron chi connectivity index (χ4n) is 4.27. The standard InChI is InChI=1S/C21H30N4O/c1-3-19(15-23-9-11-26-12-10-23)25-16-22-14-21(25)17-5-6-20-18(13-17)7-8-24(20)4-2/h5-6,13-14,16,19H,3-4,7-12,15H2,1-2H3/t19-/m0/s1. The van der Waals surface area contributed by atoms with E-state index in [1.165, 1.54) is 22.5 Å². The second-order valence-corrected chi connectivity index (χ2v) is 7.33. The van der Waals surface area contributed by atoms with Gasteiger partial charge in [-0.05, 0) is 37.5 Å². The number of fused-ring (bicyclic) bond motifs is 1. The molecule has 0 radical (unpaired) electrons. The maximum Gasteiger partial charge on any atom is 0.0954 e. The molecule has 1 saturated heterocycles. The van der Waals surface area contributed by atoms with Crippen molar-refractivity contribution in [1.29, 1.82) is 0 Å². The molecule has 2 aliphatic heterocycles. The van der Waals surface area contributed by atoms with Crippen LogP contribution >= 0.6 is 0 Å². The Morgan fingerprint density at radius 2 is 2.00 bits per heavy atom. The van der Waals surface area contributed by atoms with E-state index in [4.69, 9.17) is 4.74 Å². The number of benzene rings is 1. The Balaban J connectivity index is 1.58. The van der Waals surface area contributed by atoms with Gasteiger partial charge in [0.25, 0.3) is 0 Å². The molecular weight excluding hydrogens is 324 g/mol. The lowest BCUT2D eigenvalue weighted by atomic mass is 10.1. The lowest BCUT2D eigenvalue weighted by Gasteiger charge is -2.31. The van der Waals surface area contributed by atoms with Crippen LogP contribution in [0.25, 0.3) is 11.3 Å². The summed E-state index contributed by atoms with van der Waals surface area (Å²) < 4.78 is 7.87. The molecule has 0 spiro atoms. The van der Waals surface area contributed by atoms with Gasteiger partial charge >= 0.3 is 0 Å². The lowest BCUT2D eigenvalue weighted by Crippen LogP contribution is -2.39. The Labute approximate surface area is 156 Å². The lowest BCUT2D eigenvalue weighted by molar-refractivity contribution is 0.0313. The highest BCUT2D eigenvalue weighted by atomic mass is 16.5. The maximum atomic E-state index is 5.49. The van der Waals surface area contributed by atoms with Gasteiger partial charge in [0.2, 0.25) is 0 Å². The zero-order valence-electron chi connectivity index (χ0n) is 16.0. The molecule has 5 nitrogen and oxygen atoms in total. The first-order chi connectivity index (χ1) is 12.8. The number of aromatic nitrogens is 2. The Kier molecular flexibility index (Phi) is 5.27. The highest BCUT2D eigenvalue weighted by molar-refractivity contribution is 5.68. The van der Waals surface area contributed by atoms with Crippen LogP contribution in [0.2, 0.25) is 0 Å². The summed E-state index contributed by atoms with van der Waals surface area (Å²) in [6, 6.07) is 7.38. The van der Waals surface area contributed by atoms with Crippen LogP contribution < -0.4 is 4.90 Å². The Morgan fingerprint density at radius 1 is 1.15 bits per heavy atom. The fourth-order valence-corrected chi connectivity index (χ4v) is 4.27. The summed E-state index contributed by atoms with van der Waals surface area (Å²) in [5, 5.41) is 0. The largest absolute Gasteiger partial charge is 0.379 e. The van der Waals surface area contributed by atoms with Crippen LogP contribution in [0.1, 0.15) is 31.9 Å². The van der Waals surface area contributed by atoms with E-state index in [0.29, 0.717) is 6.04 Å². The van der Waals surface area contributed by atoms with E-state index in [1.54, 1.807) is 0 Å². The van der Waals surface area contributed by atoms with E-state index >= 15 is 0 Å². The third-order valence-electron chi connectivity index (χ3n) is 5.85. The first kappa shape index (κ1) is 17.6. The minimum atomic E-state index is 0.450. The van der Waals surface area contributed by atoms with Crippen LogP contribution in [-0.4, -0.2) is 60.4 Å². The average molecular weight is 354 g/mol. The monoisotopic (exact) mass is 354 g/mol. The number of anilines is 1. The zero-order valence-corrected chi connectivity index (χ0v) is 16.0. The SMILES string of the molecule is CC[C@@H](CN1CCOCC1)n1cncc1-c1ccc2c(c1)CCN2CC. The Morgan fingerprint density at radius 3 is 2.77 bits per heavy atom. The third-order valence-corrected chi connectivity index (χ3v) is 5.85. The number of imidazole rings is 1. The van der Waals surface area contributed by atoms with Crippen molar-refractivity contribution < 1.29 is 4.74 Å². The third kappa shape index (κ3) is 3.38. The van der Waals surface area contributed by atoms with Gasteiger partial charge in [0, 0.05) is 50.0 Å². The minimum absolute atomic E-state index is 0.450. The quantitative estimate of drug-likeness (QED) is 0.798. The van der Waals surface area contributed by atoms with Crippen LogP contribution in [-0.2, 0) is 11.2 Å². The fraction of sp³-hybridized carbons (Fsp3) is 0.571. The number of likely N-dealkylation sites (N-methyl/N-ethyl adjacent to an activating group) is 1. The van der Waals surface area contributed by atoms with Crippen LogP contribution in [0, 0.1) is 0 Å². The van der Waals surface area contributed by atoms with Gasteiger partial charge in [-0.3, -0.25) is 4.90 Å². The first-order valence-electron chi connectivity index (χ1n) is 10.00. The minimum Gasteiger partial charge on any atom is -0.379 e. The van der Waals surface area contributed by atoms with Gasteiger partial charge in [-0.15, -0.1) is 0 Å². The van der Waals surface area contributed by atoms with Crippen molar-refractivity contribution >= 4 is 5.69 Å². The molecule has 1 aromatic heterocycles. The second-order valence-electron chi connectivity index (χ2n) is 7.33. The zero-order chi connectivity index (χ0) is 17.9. The molecule has 140 valence electrons. The van der Waals surface area contributed by atoms with Gasteiger partial charge in [0.1, 0.15) is 0 Å². The maximum absolute atomic E-state index is 5.49. The molecule has 1 aromatic carbocycles. The van der Waals surface area contributed by atoms with Crippen molar-refractivity contribution in [1.82, 2.24) is 14.5 Å². The number of morpholine rings is 1. The topological polar surface area (TPSA) is 33.5 Å². The summed E-state index contributed by atoms with van der Waals surface area (Å²) in [6.45, 7) is 11.6. The number of nitrogens with zero attached hydrogens (tertiary/aromatic N) is 4. The Hall–Kier alpha value is -1.85. The molecule has 0 aliphatic carbocycles. The van der Waals surface area contributed by atoms with Crippen molar-refractivity contribution in [2.24, 2.45) is 0 Å². The molecule has 0 N–H and O–H groups in total. The van der Waals surface area contributed by atoms with Crippen LogP contribution in [0.3, 0.4) is 0 Å². The van der Waals surface area contributed by atoms with Gasteiger partial charge < -0.3 is 14.2 Å². The molecule has 5 heteroatoms. The molecule has 26 heavy (non-hydrogen) atoms. The van der Waals surface area contributed by atoms with E-state index in [0.717, 1.165) is 58.8 Å². The molecule has 1 atom stereocenters. The van der Waals surface area contributed by atoms with Crippen molar-refractivity contribution in [3.63, 3.8) is 0 Å². The molecule has 3 heterocycles. The summed E-state index contributed by atoms with van der Waals surface area (Å²) in [5.41, 5.74) is 5.41. The second kappa shape index (κ2) is 7.80. The molecule has 0 amide bonds. The molecule has 1 fully saturated rings. The van der Waals surface area contributed by atoms with Gasteiger partial charge in [0.05, 0.1) is 31.4 Å². The van der Waals surface area contributed by atoms with E-state index in [-0.39, 0.29) is 0 Å². The van der Waals surface area contributed by atoms with Gasteiger partial charge in [-0.1, -0.05) is 13.0 Å². The van der Waals surface area contributed by atoms with Gasteiger partial charge in [-0.2, -0.15) is 0 Å². The van der Waals surface area contributed by atoms with Gasteiger partial charge in [-0.25, -0.2) is 4.98 Å². The van der Waals surface area contributed by atoms with Crippen molar-refractivity contribution in [2.45, 2.75) is 32.7 Å². The highest BCUT2D eigenvalue weighted by Gasteiger charge is 2.21. The number of rotatable bonds is 6. The molecular formula is C21H30N4O. The Bertz CT molecular complexity index is 735. The van der Waals surface area contributed by atoms with Crippen LogP contribution in [0.4, 0.5) is 5.69 Å². The number of hydrogen-bond acceptors (Lipinski definition) is 4. The molecule has 4 rings (SSSR count). The summed E-state index contributed by atoms with van der Waals surface area (Å²) in [4.78, 5) is 9.47. The van der Waals surface area contributed by atoms with Crippen molar-refractivity contribution in [3.8, 4) is 11.3 Å². The smallest absolute Gasteiger partial charge is 0.0954 e. The number of ether oxygens (including phenoxy) is 1. The van der Waals surface area contributed by atoms with Crippen LogP contribution in [0.15, 0.2) is 30.7 Å². The van der Waals surface area contributed by atoms with Crippen molar-refractivity contribution in [2.75, 3.05) is 50.8 Å². The van der Waals surface area contributed by atoms with Crippen LogP contribution in [0.5, 0.6) is 0 Å². The van der Waals surface area contributed by atoms with E-state index in [1.807, 2.05) is 12.5 Å². The number of hydrogen-bond donors (Lipinski definition) is 0. The van der Waals surface area contributed by atoms with E-state index < -0.39 is 0 Å². The van der Waals surface area contributed by atoms with E-state index in [9.17, 15) is 0 Å². The summed E-state index contributed by atoms with van der Waals surface area (Å²) in [7, 11) is 0. The molecule has 0 saturated carbocycles. The molecule has 2 aromatic rings. The molecule has 0 bridgehead atoms. The van der Waals surface area contributed by atoms with Gasteiger partial charge in [0.15, 0.2) is 0 Å². The molecule has 2 aliphatic rings. The average Bonchev–Trinajstić information content (AvgIpc) is 3.33. The van der Waals surface area contributed by atoms with Crippen molar-refractivity contribution in [3.05, 3.63) is 36.3 Å². The molecule has 0 unspecified atom stereocenters. The summed E-state index contributed by atoms with van der Waals surface area (Å²) in [6.07, 6.45) is 6.29. The predicted octanol–water partition coefficient (Wildman–Crippen LogP) is 3.22.